The molecule has 1 saturated heterocycles. The summed E-state index contributed by atoms with van der Waals surface area (Å²) < 4.78 is 1.93. The minimum Gasteiger partial charge on any atom is -0.339 e. The summed E-state index contributed by atoms with van der Waals surface area (Å²) in [5.41, 5.74) is 0.671. The lowest BCUT2D eigenvalue weighted by Gasteiger charge is -2.25. The summed E-state index contributed by atoms with van der Waals surface area (Å²) in [6.45, 7) is 5.95. The average molecular weight is 270 g/mol. The highest BCUT2D eigenvalue weighted by molar-refractivity contribution is 6.31. The molecule has 1 aromatic heterocycles. The third kappa shape index (κ3) is 2.54. The first-order valence-electron chi connectivity index (χ1n) is 6.36. The van der Waals surface area contributed by atoms with Gasteiger partial charge in [-0.3, -0.25) is 4.79 Å². The maximum absolute atomic E-state index is 12.5. The molecule has 0 spiro atoms. The van der Waals surface area contributed by atoms with Gasteiger partial charge in [-0.25, -0.2) is 0 Å². The van der Waals surface area contributed by atoms with Crippen molar-refractivity contribution in [2.24, 2.45) is 0 Å². The number of nitrogens with one attached hydrogen (secondary N) is 1. The van der Waals surface area contributed by atoms with E-state index in [9.17, 15) is 4.79 Å². The van der Waals surface area contributed by atoms with Crippen LogP contribution >= 0.6 is 11.6 Å². The van der Waals surface area contributed by atoms with Gasteiger partial charge in [0, 0.05) is 31.9 Å². The van der Waals surface area contributed by atoms with Crippen molar-refractivity contribution < 1.29 is 4.79 Å². The maximum Gasteiger partial charge on any atom is 0.270 e. The summed E-state index contributed by atoms with van der Waals surface area (Å²) in [5.74, 6) is 0.0456. The van der Waals surface area contributed by atoms with E-state index in [0.717, 1.165) is 19.5 Å². The molecule has 0 aromatic carbocycles. The molecule has 0 aliphatic carbocycles. The Hall–Kier alpha value is -1.00. The van der Waals surface area contributed by atoms with Crippen LogP contribution in [-0.2, 0) is 0 Å². The molecule has 18 heavy (non-hydrogen) atoms. The second-order valence-electron chi connectivity index (χ2n) is 5.11. The van der Waals surface area contributed by atoms with Gasteiger partial charge in [0.25, 0.3) is 5.91 Å². The van der Waals surface area contributed by atoms with E-state index in [1.807, 2.05) is 36.6 Å². The highest BCUT2D eigenvalue weighted by atomic mass is 35.5. The van der Waals surface area contributed by atoms with Crippen LogP contribution in [-0.4, -0.2) is 41.6 Å². The first-order chi connectivity index (χ1) is 8.50. The number of carbonyl (C=O) groups excluding carboxylic acids is 1. The van der Waals surface area contributed by atoms with Gasteiger partial charge >= 0.3 is 0 Å². The van der Waals surface area contributed by atoms with Crippen molar-refractivity contribution in [2.45, 2.75) is 32.4 Å². The van der Waals surface area contributed by atoms with Gasteiger partial charge in [0.05, 0.1) is 5.02 Å². The summed E-state index contributed by atoms with van der Waals surface area (Å²) in [4.78, 5) is 14.3. The largest absolute Gasteiger partial charge is 0.339 e. The molecular formula is C13H20ClN3O. The quantitative estimate of drug-likeness (QED) is 0.913. The Labute approximate surface area is 113 Å². The molecule has 1 unspecified atom stereocenters. The lowest BCUT2D eigenvalue weighted by Crippen LogP contribution is -2.39. The molecule has 4 nitrogen and oxygen atoms in total. The van der Waals surface area contributed by atoms with Gasteiger partial charge in [0.2, 0.25) is 0 Å². The van der Waals surface area contributed by atoms with Crippen molar-refractivity contribution in [3.63, 3.8) is 0 Å². The zero-order valence-corrected chi connectivity index (χ0v) is 11.9. The Bertz CT molecular complexity index is 435. The number of aromatic nitrogens is 1. The Kier molecular flexibility index (Phi) is 3.97. The van der Waals surface area contributed by atoms with Crippen LogP contribution in [0.25, 0.3) is 0 Å². The van der Waals surface area contributed by atoms with Crippen molar-refractivity contribution in [1.29, 1.82) is 0 Å². The van der Waals surface area contributed by atoms with E-state index in [0.29, 0.717) is 10.7 Å². The fourth-order valence-corrected chi connectivity index (χ4v) is 2.57. The SMILES string of the molecule is CC(C)n1cc(Cl)cc1C(=O)N(C)C1CCNC1. The van der Waals surface area contributed by atoms with Crippen molar-refractivity contribution in [1.82, 2.24) is 14.8 Å². The van der Waals surface area contributed by atoms with Crippen LogP contribution in [0.3, 0.4) is 0 Å². The second-order valence-corrected chi connectivity index (χ2v) is 5.54. The number of nitrogens with zero attached hydrogens (tertiary/aromatic N) is 2. The molecule has 0 saturated carbocycles. The van der Waals surface area contributed by atoms with Crippen LogP contribution in [0.5, 0.6) is 0 Å². The van der Waals surface area contributed by atoms with Crippen LogP contribution in [0.4, 0.5) is 0 Å². The molecule has 1 N–H and O–H groups in total. The van der Waals surface area contributed by atoms with E-state index < -0.39 is 0 Å². The molecule has 1 amide bonds. The Morgan fingerprint density at radius 2 is 2.33 bits per heavy atom. The monoisotopic (exact) mass is 269 g/mol. The maximum atomic E-state index is 12.5. The lowest BCUT2D eigenvalue weighted by molar-refractivity contribution is 0.0731. The summed E-state index contributed by atoms with van der Waals surface area (Å²) in [6.07, 6.45) is 2.83. The van der Waals surface area contributed by atoms with Crippen molar-refractivity contribution >= 4 is 17.5 Å². The number of likely N-dealkylation sites (N-methyl/N-ethyl adjacent to an activating group) is 1. The van der Waals surface area contributed by atoms with Crippen LogP contribution in [0.1, 0.15) is 36.8 Å². The Balaban J connectivity index is 2.22. The number of rotatable bonds is 3. The molecule has 1 fully saturated rings. The van der Waals surface area contributed by atoms with E-state index >= 15 is 0 Å². The topological polar surface area (TPSA) is 37.3 Å². The normalized spacial score (nSPS) is 19.5. The van der Waals surface area contributed by atoms with Gasteiger partial charge < -0.3 is 14.8 Å². The minimum absolute atomic E-state index is 0.0456. The first kappa shape index (κ1) is 13.4. The molecule has 2 rings (SSSR count). The predicted molar refractivity (Wildman–Crippen MR) is 73.2 cm³/mol. The number of carbonyl (C=O) groups is 1. The molecule has 100 valence electrons. The van der Waals surface area contributed by atoms with Gasteiger partial charge in [-0.1, -0.05) is 11.6 Å². The first-order valence-corrected chi connectivity index (χ1v) is 6.73. The Morgan fingerprint density at radius 1 is 1.61 bits per heavy atom. The summed E-state index contributed by atoms with van der Waals surface area (Å²) in [6, 6.07) is 2.27. The molecular weight excluding hydrogens is 250 g/mol. The third-order valence-electron chi connectivity index (χ3n) is 3.49. The smallest absolute Gasteiger partial charge is 0.270 e. The van der Waals surface area contributed by atoms with E-state index in [1.165, 1.54) is 0 Å². The molecule has 5 heteroatoms. The van der Waals surface area contributed by atoms with Crippen molar-refractivity contribution in [3.8, 4) is 0 Å². The minimum atomic E-state index is 0.0456. The molecule has 1 aliphatic heterocycles. The molecule has 1 atom stereocenters. The highest BCUT2D eigenvalue weighted by Gasteiger charge is 2.26. The van der Waals surface area contributed by atoms with Crippen molar-refractivity contribution in [3.05, 3.63) is 23.0 Å². The van der Waals surface area contributed by atoms with Gasteiger partial charge in [-0.05, 0) is 32.9 Å². The van der Waals surface area contributed by atoms with Gasteiger partial charge in [0.15, 0.2) is 0 Å². The second kappa shape index (κ2) is 5.33. The summed E-state index contributed by atoms with van der Waals surface area (Å²) >= 11 is 6.01. The fraction of sp³-hybridized carbons (Fsp3) is 0.615. The average Bonchev–Trinajstić information content (AvgIpc) is 2.95. The predicted octanol–water partition coefficient (Wildman–Crippen LogP) is 2.16. The number of hydrogen-bond acceptors (Lipinski definition) is 2. The number of hydrogen-bond donors (Lipinski definition) is 1. The zero-order chi connectivity index (χ0) is 13.3. The van der Waals surface area contributed by atoms with E-state index in [2.05, 4.69) is 5.32 Å². The standard InChI is InChI=1S/C13H20ClN3O/c1-9(2)17-8-10(14)6-12(17)13(18)16(3)11-4-5-15-7-11/h6,8-9,11,15H,4-5,7H2,1-3H3. The van der Waals surface area contributed by atoms with E-state index in [1.54, 1.807) is 6.07 Å². The zero-order valence-electron chi connectivity index (χ0n) is 11.1. The summed E-state index contributed by atoms with van der Waals surface area (Å²) in [5, 5.41) is 3.89. The van der Waals surface area contributed by atoms with Crippen LogP contribution in [0.15, 0.2) is 12.3 Å². The molecule has 1 aliphatic rings. The van der Waals surface area contributed by atoms with Crippen molar-refractivity contribution in [2.75, 3.05) is 20.1 Å². The van der Waals surface area contributed by atoms with Gasteiger partial charge in [0.1, 0.15) is 5.69 Å². The van der Waals surface area contributed by atoms with Gasteiger partial charge in [-0.15, -0.1) is 0 Å². The van der Waals surface area contributed by atoms with E-state index in [4.69, 9.17) is 11.6 Å². The summed E-state index contributed by atoms with van der Waals surface area (Å²) in [7, 11) is 1.87. The molecule has 0 bridgehead atoms. The number of halogens is 1. The molecule has 0 radical (unpaired) electrons. The molecule has 1 aromatic rings. The van der Waals surface area contributed by atoms with Crippen LogP contribution in [0.2, 0.25) is 5.02 Å². The van der Waals surface area contributed by atoms with Gasteiger partial charge in [-0.2, -0.15) is 0 Å². The van der Waals surface area contributed by atoms with E-state index in [-0.39, 0.29) is 18.0 Å². The third-order valence-corrected chi connectivity index (χ3v) is 3.70. The fourth-order valence-electron chi connectivity index (χ4n) is 2.36. The molecule has 2 heterocycles. The van der Waals surface area contributed by atoms with Crippen LogP contribution in [0, 0.1) is 0 Å². The Morgan fingerprint density at radius 3 is 2.89 bits per heavy atom. The van der Waals surface area contributed by atoms with Crippen LogP contribution < -0.4 is 5.32 Å². The number of amides is 1. The lowest BCUT2D eigenvalue weighted by atomic mass is 10.2. The highest BCUT2D eigenvalue weighted by Crippen LogP contribution is 2.21.